The summed E-state index contributed by atoms with van der Waals surface area (Å²) in [6.07, 6.45) is 2.55. The molecule has 2 aliphatic rings. The van der Waals surface area contributed by atoms with Crippen molar-refractivity contribution in [2.24, 2.45) is 0 Å². The van der Waals surface area contributed by atoms with E-state index >= 15 is 0 Å². The number of benzene rings is 2. The summed E-state index contributed by atoms with van der Waals surface area (Å²) in [5.74, 6) is 0.376. The van der Waals surface area contributed by atoms with Crippen LogP contribution in [-0.4, -0.2) is 49.0 Å². The Labute approximate surface area is 175 Å². The number of hydrogen-bond donors (Lipinski definition) is 1. The normalized spacial score (nSPS) is 18.0. The Kier molecular flexibility index (Phi) is 5.84. The lowest BCUT2D eigenvalue weighted by Crippen LogP contribution is -2.52. The van der Waals surface area contributed by atoms with E-state index in [2.05, 4.69) is 11.4 Å². The van der Waals surface area contributed by atoms with Gasteiger partial charge in [-0.05, 0) is 49.6 Å². The van der Waals surface area contributed by atoms with Crippen molar-refractivity contribution >= 4 is 23.2 Å². The maximum atomic E-state index is 13.0. The van der Waals surface area contributed by atoms with Crippen LogP contribution in [0.4, 0.5) is 11.4 Å². The Morgan fingerprint density at radius 3 is 2.70 bits per heavy atom. The third kappa shape index (κ3) is 4.38. The molecule has 0 spiro atoms. The molecule has 4 rings (SSSR count). The van der Waals surface area contributed by atoms with Crippen LogP contribution in [0.25, 0.3) is 0 Å². The van der Waals surface area contributed by atoms with E-state index in [4.69, 9.17) is 10.00 Å². The fourth-order valence-corrected chi connectivity index (χ4v) is 3.94. The van der Waals surface area contributed by atoms with Crippen LogP contribution in [0.2, 0.25) is 0 Å². The molecule has 0 unspecified atom stereocenters. The topological polar surface area (TPSA) is 85.7 Å². The maximum Gasteiger partial charge on any atom is 0.265 e. The first kappa shape index (κ1) is 19.8. The van der Waals surface area contributed by atoms with Gasteiger partial charge in [0, 0.05) is 18.8 Å². The summed E-state index contributed by atoms with van der Waals surface area (Å²) in [7, 11) is 0. The molecule has 0 aromatic heterocycles. The molecule has 2 amide bonds. The molecule has 1 atom stereocenters. The van der Waals surface area contributed by atoms with Gasteiger partial charge in [-0.25, -0.2) is 0 Å². The van der Waals surface area contributed by atoms with Gasteiger partial charge in [0.2, 0.25) is 5.91 Å². The van der Waals surface area contributed by atoms with Crippen molar-refractivity contribution in [2.75, 3.05) is 36.4 Å². The Bertz CT molecular complexity index is 978. The summed E-state index contributed by atoms with van der Waals surface area (Å²) in [5, 5.41) is 11.9. The molecule has 0 saturated carbocycles. The Morgan fingerprint density at radius 1 is 1.10 bits per heavy atom. The molecule has 154 valence electrons. The van der Waals surface area contributed by atoms with Crippen molar-refractivity contribution in [3.63, 3.8) is 0 Å². The van der Waals surface area contributed by atoms with Gasteiger partial charge < -0.3 is 19.9 Å². The standard InChI is InChI=1S/C23H24N4O3/c24-14-17-7-6-8-18(13-17)25-22(28)16-27-15-21(23(29)26-11-4-1-5-12-26)30-20-10-3-2-9-19(20)27/h2-3,6-10,13,21H,1,4-5,11-12,15-16H2,(H,25,28)/t21-/m1/s1. The number of carbonyl (C=O) groups excluding carboxylic acids is 2. The Morgan fingerprint density at radius 2 is 1.90 bits per heavy atom. The quantitative estimate of drug-likeness (QED) is 0.847. The summed E-state index contributed by atoms with van der Waals surface area (Å²) < 4.78 is 6.01. The maximum absolute atomic E-state index is 13.0. The van der Waals surface area contributed by atoms with Crippen molar-refractivity contribution in [1.82, 2.24) is 4.90 Å². The number of hydrogen-bond acceptors (Lipinski definition) is 5. The predicted molar refractivity (Wildman–Crippen MR) is 113 cm³/mol. The van der Waals surface area contributed by atoms with Gasteiger partial charge in [0.15, 0.2) is 6.10 Å². The first-order chi connectivity index (χ1) is 14.6. The average Bonchev–Trinajstić information content (AvgIpc) is 2.79. The number of amides is 2. The van der Waals surface area contributed by atoms with E-state index in [0.29, 0.717) is 23.5 Å². The fraction of sp³-hybridized carbons (Fsp3) is 0.348. The first-order valence-electron chi connectivity index (χ1n) is 10.2. The monoisotopic (exact) mass is 404 g/mol. The number of rotatable bonds is 4. The highest BCUT2D eigenvalue weighted by molar-refractivity contribution is 5.95. The minimum atomic E-state index is -0.632. The van der Waals surface area contributed by atoms with E-state index in [0.717, 1.165) is 38.0 Å². The zero-order chi connectivity index (χ0) is 20.9. The predicted octanol–water partition coefficient (Wildman–Crippen LogP) is 2.78. The van der Waals surface area contributed by atoms with Gasteiger partial charge in [0.25, 0.3) is 5.91 Å². The lowest BCUT2D eigenvalue weighted by Gasteiger charge is -2.38. The number of likely N-dealkylation sites (tertiary alicyclic amines) is 1. The van der Waals surface area contributed by atoms with Gasteiger partial charge in [0.05, 0.1) is 30.4 Å². The van der Waals surface area contributed by atoms with Crippen LogP contribution in [0.3, 0.4) is 0 Å². The molecule has 2 aromatic carbocycles. The second kappa shape index (κ2) is 8.87. The number of nitrogens with zero attached hydrogens (tertiary/aromatic N) is 3. The second-order valence-corrected chi connectivity index (χ2v) is 7.58. The number of anilines is 2. The van der Waals surface area contributed by atoms with Crippen molar-refractivity contribution in [3.8, 4) is 11.8 Å². The zero-order valence-corrected chi connectivity index (χ0v) is 16.7. The molecule has 1 N–H and O–H groups in total. The zero-order valence-electron chi connectivity index (χ0n) is 16.7. The number of ether oxygens (including phenoxy) is 1. The molecule has 2 heterocycles. The Hall–Kier alpha value is -3.53. The van der Waals surface area contributed by atoms with Crippen molar-refractivity contribution < 1.29 is 14.3 Å². The van der Waals surface area contributed by atoms with Crippen molar-refractivity contribution in [3.05, 3.63) is 54.1 Å². The van der Waals surface area contributed by atoms with Crippen LogP contribution in [0.1, 0.15) is 24.8 Å². The van der Waals surface area contributed by atoms with Gasteiger partial charge in [-0.1, -0.05) is 18.2 Å². The molecule has 0 aliphatic carbocycles. The highest BCUT2D eigenvalue weighted by Gasteiger charge is 2.34. The van der Waals surface area contributed by atoms with Crippen molar-refractivity contribution in [2.45, 2.75) is 25.4 Å². The molecule has 0 bridgehead atoms. The molecule has 0 radical (unpaired) electrons. The molecule has 1 saturated heterocycles. The van der Waals surface area contributed by atoms with Crippen LogP contribution in [-0.2, 0) is 9.59 Å². The highest BCUT2D eigenvalue weighted by atomic mass is 16.5. The number of nitriles is 1. The van der Waals surface area contributed by atoms with Gasteiger partial charge in [0.1, 0.15) is 5.75 Å². The second-order valence-electron chi connectivity index (χ2n) is 7.58. The lowest BCUT2D eigenvalue weighted by atomic mass is 10.1. The minimum absolute atomic E-state index is 0.0173. The number of para-hydroxylation sites is 2. The van der Waals surface area contributed by atoms with E-state index in [1.807, 2.05) is 34.1 Å². The minimum Gasteiger partial charge on any atom is -0.477 e. The number of nitrogens with one attached hydrogen (secondary N) is 1. The smallest absolute Gasteiger partial charge is 0.265 e. The lowest BCUT2D eigenvalue weighted by molar-refractivity contribution is -0.139. The summed E-state index contributed by atoms with van der Waals surface area (Å²) in [6.45, 7) is 1.92. The molecule has 1 fully saturated rings. The molecule has 30 heavy (non-hydrogen) atoms. The fourth-order valence-electron chi connectivity index (χ4n) is 3.94. The summed E-state index contributed by atoms with van der Waals surface area (Å²) >= 11 is 0. The van der Waals surface area contributed by atoms with Crippen LogP contribution < -0.4 is 15.0 Å². The van der Waals surface area contributed by atoms with Crippen LogP contribution >= 0.6 is 0 Å². The average molecular weight is 404 g/mol. The summed E-state index contributed by atoms with van der Waals surface area (Å²) in [6, 6.07) is 16.3. The number of piperidine rings is 1. The van der Waals surface area contributed by atoms with Gasteiger partial charge in [-0.2, -0.15) is 5.26 Å². The van der Waals surface area contributed by atoms with Crippen LogP contribution in [0, 0.1) is 11.3 Å². The number of fused-ring (bicyclic) bond motifs is 1. The molecule has 7 nitrogen and oxygen atoms in total. The third-order valence-electron chi connectivity index (χ3n) is 5.41. The molecule has 2 aliphatic heterocycles. The molecule has 7 heteroatoms. The van der Waals surface area contributed by atoms with E-state index in [1.54, 1.807) is 24.3 Å². The van der Waals surface area contributed by atoms with E-state index in [9.17, 15) is 9.59 Å². The van der Waals surface area contributed by atoms with Crippen LogP contribution in [0.5, 0.6) is 5.75 Å². The Balaban J connectivity index is 1.48. The highest BCUT2D eigenvalue weighted by Crippen LogP contribution is 2.33. The molecular weight excluding hydrogens is 380 g/mol. The SMILES string of the molecule is N#Cc1cccc(NC(=O)CN2C[C@H](C(=O)N3CCCCC3)Oc3ccccc32)c1. The molecular formula is C23H24N4O3. The summed E-state index contributed by atoms with van der Waals surface area (Å²) in [5.41, 5.74) is 1.85. The number of carbonyl (C=O) groups is 2. The first-order valence-corrected chi connectivity index (χ1v) is 10.2. The largest absolute Gasteiger partial charge is 0.477 e. The van der Waals surface area contributed by atoms with Gasteiger partial charge in [-0.15, -0.1) is 0 Å². The van der Waals surface area contributed by atoms with E-state index < -0.39 is 6.10 Å². The van der Waals surface area contributed by atoms with Gasteiger partial charge in [-0.3, -0.25) is 9.59 Å². The van der Waals surface area contributed by atoms with Crippen LogP contribution in [0.15, 0.2) is 48.5 Å². The van der Waals surface area contributed by atoms with E-state index in [-0.39, 0.29) is 18.4 Å². The molecule has 2 aromatic rings. The van der Waals surface area contributed by atoms with Crippen molar-refractivity contribution in [1.29, 1.82) is 5.26 Å². The van der Waals surface area contributed by atoms with E-state index in [1.165, 1.54) is 0 Å². The third-order valence-corrected chi connectivity index (χ3v) is 5.41. The summed E-state index contributed by atoms with van der Waals surface area (Å²) in [4.78, 5) is 29.4. The van der Waals surface area contributed by atoms with Gasteiger partial charge >= 0.3 is 0 Å².